The number of nitrogens with zero attached hydrogens (tertiary/aromatic N) is 1. The van der Waals surface area contributed by atoms with E-state index in [2.05, 4.69) is 53.5 Å². The van der Waals surface area contributed by atoms with Gasteiger partial charge >= 0.3 is 0 Å². The lowest BCUT2D eigenvalue weighted by atomic mass is 9.91. The second-order valence-corrected chi connectivity index (χ2v) is 6.01. The topological polar surface area (TPSA) is 3.24 Å². The summed E-state index contributed by atoms with van der Waals surface area (Å²) in [7, 11) is 2.25. The maximum atomic E-state index is 2.51. The van der Waals surface area contributed by atoms with Crippen LogP contribution in [0.5, 0.6) is 0 Å². The minimum Gasteiger partial charge on any atom is -0.301 e. The van der Waals surface area contributed by atoms with E-state index >= 15 is 0 Å². The van der Waals surface area contributed by atoms with Gasteiger partial charge in [0.25, 0.3) is 0 Å². The molecule has 0 saturated heterocycles. The molecule has 0 aromatic rings. The predicted molar refractivity (Wildman–Crippen MR) is 77.0 cm³/mol. The average Bonchev–Trinajstić information content (AvgIpc) is 2.15. The minimum atomic E-state index is 0.350. The van der Waals surface area contributed by atoms with Crippen molar-refractivity contribution in [3.8, 4) is 0 Å². The van der Waals surface area contributed by atoms with Gasteiger partial charge in [-0.2, -0.15) is 0 Å². The van der Waals surface area contributed by atoms with Crippen molar-refractivity contribution in [1.29, 1.82) is 0 Å². The van der Waals surface area contributed by atoms with Crippen LogP contribution in [0.25, 0.3) is 0 Å². The molecule has 0 bridgehead atoms. The van der Waals surface area contributed by atoms with Gasteiger partial charge in [0.05, 0.1) is 0 Å². The van der Waals surface area contributed by atoms with Crippen molar-refractivity contribution in [3.63, 3.8) is 0 Å². The second-order valence-electron chi connectivity index (χ2n) is 6.01. The van der Waals surface area contributed by atoms with Gasteiger partial charge in [-0.15, -0.1) is 0 Å². The van der Waals surface area contributed by atoms with Crippen molar-refractivity contribution in [1.82, 2.24) is 4.90 Å². The van der Waals surface area contributed by atoms with Crippen LogP contribution < -0.4 is 0 Å². The third-order valence-corrected chi connectivity index (χ3v) is 2.98. The van der Waals surface area contributed by atoms with Crippen LogP contribution >= 0.6 is 0 Å². The molecule has 0 heterocycles. The molecule has 0 atom stereocenters. The Labute approximate surface area is 105 Å². The fourth-order valence-electron chi connectivity index (χ4n) is 1.91. The van der Waals surface area contributed by atoms with Crippen LogP contribution in [-0.4, -0.2) is 24.0 Å². The van der Waals surface area contributed by atoms with Crippen LogP contribution in [0.4, 0.5) is 0 Å². The molecule has 16 heavy (non-hydrogen) atoms. The summed E-state index contributed by atoms with van der Waals surface area (Å²) in [5.74, 6) is 1.60. The Morgan fingerprint density at radius 2 is 1.38 bits per heavy atom. The van der Waals surface area contributed by atoms with Crippen LogP contribution in [0.2, 0.25) is 0 Å². The van der Waals surface area contributed by atoms with Gasteiger partial charge in [0.15, 0.2) is 0 Å². The van der Waals surface area contributed by atoms with E-state index in [-0.39, 0.29) is 0 Å². The van der Waals surface area contributed by atoms with E-state index in [0.29, 0.717) is 5.54 Å². The van der Waals surface area contributed by atoms with E-state index in [0.717, 1.165) is 11.8 Å². The lowest BCUT2D eigenvalue weighted by Crippen LogP contribution is -2.42. The zero-order valence-corrected chi connectivity index (χ0v) is 13.2. The summed E-state index contributed by atoms with van der Waals surface area (Å²) in [6.07, 6.45) is 2.58. The number of hydrogen-bond acceptors (Lipinski definition) is 1. The molecule has 0 aliphatic rings. The normalized spacial score (nSPS) is 12.0. The predicted octanol–water partition coefficient (Wildman–Crippen LogP) is 4.82. The van der Waals surface area contributed by atoms with E-state index < -0.39 is 0 Å². The maximum absolute atomic E-state index is 2.51. The van der Waals surface area contributed by atoms with Crippen molar-refractivity contribution >= 4 is 0 Å². The lowest BCUT2D eigenvalue weighted by Gasteiger charge is -2.37. The van der Waals surface area contributed by atoms with Crippen molar-refractivity contribution < 1.29 is 0 Å². The van der Waals surface area contributed by atoms with Crippen molar-refractivity contribution in [3.05, 3.63) is 0 Å². The highest BCUT2D eigenvalue weighted by Gasteiger charge is 2.24. The molecule has 0 fully saturated rings. The average molecular weight is 229 g/mol. The fourth-order valence-corrected chi connectivity index (χ4v) is 1.91. The third-order valence-electron chi connectivity index (χ3n) is 2.98. The Kier molecular flexibility index (Phi) is 10.4. The molecular weight excluding hydrogens is 194 g/mol. The Morgan fingerprint density at radius 1 is 0.938 bits per heavy atom. The zero-order valence-electron chi connectivity index (χ0n) is 13.2. The van der Waals surface area contributed by atoms with Crippen molar-refractivity contribution in [2.45, 2.75) is 73.8 Å². The monoisotopic (exact) mass is 229 g/mol. The van der Waals surface area contributed by atoms with Gasteiger partial charge < -0.3 is 4.90 Å². The molecule has 100 valence electrons. The molecule has 0 rings (SSSR count). The number of rotatable bonds is 6. The van der Waals surface area contributed by atoms with Crippen molar-refractivity contribution in [2.75, 3.05) is 13.6 Å². The van der Waals surface area contributed by atoms with Gasteiger partial charge in [-0.05, 0) is 52.1 Å². The largest absolute Gasteiger partial charge is 0.301 e. The molecule has 0 aromatic heterocycles. The van der Waals surface area contributed by atoms with Crippen LogP contribution in [0.1, 0.15) is 68.2 Å². The molecule has 0 unspecified atom stereocenters. The first-order valence-electron chi connectivity index (χ1n) is 6.97. The van der Waals surface area contributed by atoms with Gasteiger partial charge in [0, 0.05) is 5.54 Å². The summed E-state index contributed by atoms with van der Waals surface area (Å²) in [4.78, 5) is 2.51. The molecule has 0 amide bonds. The molecule has 1 heteroatoms. The lowest BCUT2D eigenvalue weighted by molar-refractivity contribution is 0.124. The van der Waals surface area contributed by atoms with E-state index in [1.165, 1.54) is 19.4 Å². The van der Waals surface area contributed by atoms with Gasteiger partial charge in [0.1, 0.15) is 0 Å². The van der Waals surface area contributed by atoms with Crippen molar-refractivity contribution in [2.24, 2.45) is 11.8 Å². The number of hydrogen-bond donors (Lipinski definition) is 0. The highest BCUT2D eigenvalue weighted by Crippen LogP contribution is 2.22. The molecule has 0 aromatic carbocycles. The second kappa shape index (κ2) is 9.04. The SMILES string of the molecule is CC.CC(C)CCN(C)C(C)(C)CC(C)C. The fraction of sp³-hybridized carbons (Fsp3) is 1.00. The quantitative estimate of drug-likeness (QED) is 0.631. The van der Waals surface area contributed by atoms with Gasteiger partial charge in [-0.1, -0.05) is 41.5 Å². The van der Waals surface area contributed by atoms with E-state index in [9.17, 15) is 0 Å². The third kappa shape index (κ3) is 9.21. The molecule has 0 aliphatic carbocycles. The summed E-state index contributed by atoms with van der Waals surface area (Å²) in [5.41, 5.74) is 0.350. The summed E-state index contributed by atoms with van der Waals surface area (Å²) in [6.45, 7) is 19.1. The molecule has 0 aliphatic heterocycles. The molecular formula is C15H35N. The van der Waals surface area contributed by atoms with Crippen LogP contribution in [0.15, 0.2) is 0 Å². The first-order valence-corrected chi connectivity index (χ1v) is 6.97. The summed E-state index contributed by atoms with van der Waals surface area (Å²) in [6, 6.07) is 0. The molecule has 0 spiro atoms. The van der Waals surface area contributed by atoms with E-state index in [4.69, 9.17) is 0 Å². The Balaban J connectivity index is 0. The molecule has 0 saturated carbocycles. The maximum Gasteiger partial charge on any atom is 0.0152 e. The summed E-state index contributed by atoms with van der Waals surface area (Å²) in [5, 5.41) is 0. The van der Waals surface area contributed by atoms with Gasteiger partial charge in [-0.25, -0.2) is 0 Å². The Morgan fingerprint density at radius 3 is 1.69 bits per heavy atom. The first kappa shape index (κ1) is 18.3. The highest BCUT2D eigenvalue weighted by atomic mass is 15.2. The van der Waals surface area contributed by atoms with Crippen LogP contribution in [-0.2, 0) is 0 Å². The van der Waals surface area contributed by atoms with Gasteiger partial charge in [0.2, 0.25) is 0 Å². The molecule has 0 N–H and O–H groups in total. The van der Waals surface area contributed by atoms with E-state index in [1.807, 2.05) is 13.8 Å². The smallest absolute Gasteiger partial charge is 0.0152 e. The Hall–Kier alpha value is -0.0400. The first-order chi connectivity index (χ1) is 7.25. The van der Waals surface area contributed by atoms with Crippen LogP contribution in [0, 0.1) is 11.8 Å². The highest BCUT2D eigenvalue weighted by molar-refractivity contribution is 4.80. The molecule has 0 radical (unpaired) electrons. The summed E-state index contributed by atoms with van der Waals surface area (Å²) < 4.78 is 0. The molecule has 1 nitrogen and oxygen atoms in total. The summed E-state index contributed by atoms with van der Waals surface area (Å²) >= 11 is 0. The Bertz CT molecular complexity index is 148. The van der Waals surface area contributed by atoms with E-state index in [1.54, 1.807) is 0 Å². The van der Waals surface area contributed by atoms with Crippen LogP contribution in [0.3, 0.4) is 0 Å². The minimum absolute atomic E-state index is 0.350. The zero-order chi connectivity index (χ0) is 13.4. The van der Waals surface area contributed by atoms with Gasteiger partial charge in [-0.3, -0.25) is 0 Å². The standard InChI is InChI=1S/C13H29N.C2H6/c1-11(2)8-9-14(7)13(5,6)10-12(3)4;1-2/h11-12H,8-10H2,1-7H3;1-2H3.